The van der Waals surface area contributed by atoms with Crippen LogP contribution in [0.5, 0.6) is 0 Å². The number of ether oxygens (including phenoxy) is 1. The largest absolute Gasteiger partial charge is 0.444 e. The number of carbonyl (C=O) groups is 1. The number of hydrogen-bond acceptors (Lipinski definition) is 3. The van der Waals surface area contributed by atoms with Crippen LogP contribution in [0.25, 0.3) is 0 Å². The summed E-state index contributed by atoms with van der Waals surface area (Å²) in [5.74, 6) is 0. The van der Waals surface area contributed by atoms with E-state index in [9.17, 15) is 4.79 Å². The second-order valence-electron chi connectivity index (χ2n) is 6.34. The highest BCUT2D eigenvalue weighted by molar-refractivity contribution is 6.32. The molecule has 0 radical (unpaired) electrons. The van der Waals surface area contributed by atoms with Crippen LogP contribution >= 0.6 is 23.2 Å². The van der Waals surface area contributed by atoms with Crippen LogP contribution in [0.1, 0.15) is 52.1 Å². The Morgan fingerprint density at radius 1 is 1.33 bits per heavy atom. The molecule has 1 atom stereocenters. The van der Waals surface area contributed by atoms with Crippen LogP contribution in [-0.4, -0.2) is 27.6 Å². The van der Waals surface area contributed by atoms with Crippen molar-refractivity contribution in [3.8, 4) is 0 Å². The van der Waals surface area contributed by atoms with Crippen LogP contribution < -0.4 is 0 Å². The lowest BCUT2D eigenvalue weighted by Gasteiger charge is -2.32. The first-order valence-electron chi connectivity index (χ1n) is 7.01. The summed E-state index contributed by atoms with van der Waals surface area (Å²) >= 11 is 11.9. The lowest BCUT2D eigenvalue weighted by Crippen LogP contribution is -2.39. The predicted molar refractivity (Wildman–Crippen MR) is 83.8 cm³/mol. The smallest absolute Gasteiger partial charge is 0.411 e. The molecule has 0 bridgehead atoms. The van der Waals surface area contributed by atoms with Gasteiger partial charge in [0.1, 0.15) is 15.9 Å². The highest BCUT2D eigenvalue weighted by Crippen LogP contribution is 2.36. The molecule has 1 aliphatic rings. The Morgan fingerprint density at radius 2 is 1.86 bits per heavy atom. The molecule has 0 spiro atoms. The van der Waals surface area contributed by atoms with Gasteiger partial charge in [0, 0.05) is 6.04 Å². The topological polar surface area (TPSA) is 42.4 Å². The van der Waals surface area contributed by atoms with Crippen LogP contribution in [-0.2, 0) is 4.74 Å². The van der Waals surface area contributed by atoms with Crippen molar-refractivity contribution in [3.63, 3.8) is 0 Å². The van der Waals surface area contributed by atoms with E-state index in [1.807, 2.05) is 27.7 Å². The third-order valence-corrected chi connectivity index (χ3v) is 3.62. The zero-order valence-electron chi connectivity index (χ0n) is 12.7. The Bertz CT molecular complexity index is 519. The molecule has 1 saturated carbocycles. The fourth-order valence-corrected chi connectivity index (χ4v) is 2.65. The van der Waals surface area contributed by atoms with Crippen molar-refractivity contribution < 1.29 is 9.53 Å². The molecular weight excluding hydrogens is 311 g/mol. The van der Waals surface area contributed by atoms with E-state index in [2.05, 4.69) is 4.98 Å². The summed E-state index contributed by atoms with van der Waals surface area (Å²) in [5.41, 5.74) is 0.343. The summed E-state index contributed by atoms with van der Waals surface area (Å²) in [7, 11) is 0. The van der Waals surface area contributed by atoms with E-state index in [1.165, 1.54) is 0 Å². The van der Waals surface area contributed by atoms with Crippen molar-refractivity contribution in [2.75, 3.05) is 0 Å². The molecule has 0 N–H and O–H groups in total. The minimum Gasteiger partial charge on any atom is -0.444 e. The standard InChI is InChI=1S/C15H20Cl2N2O2/c1-9(10-7-12(16)18-13(17)8-10)19(11-5-6-11)14(20)21-15(2,3)4/h7-9,11H,5-6H2,1-4H3. The monoisotopic (exact) mass is 330 g/mol. The Hall–Kier alpha value is -1.00. The van der Waals surface area contributed by atoms with Crippen LogP contribution in [0.4, 0.5) is 4.79 Å². The second kappa shape index (κ2) is 6.01. The SMILES string of the molecule is CC(c1cc(Cl)nc(Cl)c1)N(C(=O)OC(C)(C)C)C1CC1. The molecule has 1 heterocycles. The maximum atomic E-state index is 12.4. The molecule has 6 heteroatoms. The highest BCUT2D eigenvalue weighted by Gasteiger charge is 2.38. The van der Waals surface area contributed by atoms with Crippen LogP contribution in [0.3, 0.4) is 0 Å². The Balaban J connectivity index is 2.23. The molecule has 116 valence electrons. The van der Waals surface area contributed by atoms with E-state index < -0.39 is 5.60 Å². The number of aromatic nitrogens is 1. The Labute approximate surface area is 135 Å². The van der Waals surface area contributed by atoms with Gasteiger partial charge in [0.2, 0.25) is 0 Å². The number of hydrogen-bond donors (Lipinski definition) is 0. The van der Waals surface area contributed by atoms with Gasteiger partial charge in [-0.1, -0.05) is 23.2 Å². The van der Waals surface area contributed by atoms with E-state index in [0.29, 0.717) is 10.3 Å². The van der Waals surface area contributed by atoms with Crippen LogP contribution in [0.2, 0.25) is 10.3 Å². The predicted octanol–water partition coefficient (Wildman–Crippen LogP) is 4.85. The van der Waals surface area contributed by atoms with Gasteiger partial charge in [0.25, 0.3) is 0 Å². The minimum absolute atomic E-state index is 0.162. The van der Waals surface area contributed by atoms with Gasteiger partial charge in [0.15, 0.2) is 0 Å². The number of nitrogens with zero attached hydrogens (tertiary/aromatic N) is 2. The summed E-state index contributed by atoms with van der Waals surface area (Å²) in [6.07, 6.45) is 1.69. The normalized spacial score (nSPS) is 16.5. The van der Waals surface area contributed by atoms with Gasteiger partial charge in [-0.3, -0.25) is 4.90 Å². The second-order valence-corrected chi connectivity index (χ2v) is 7.12. The molecule has 1 aromatic rings. The van der Waals surface area contributed by atoms with Gasteiger partial charge < -0.3 is 4.74 Å². The van der Waals surface area contributed by atoms with Gasteiger partial charge in [-0.25, -0.2) is 9.78 Å². The molecule has 0 aromatic carbocycles. The number of carbonyl (C=O) groups excluding carboxylic acids is 1. The number of pyridine rings is 1. The molecular formula is C15H20Cl2N2O2. The highest BCUT2D eigenvalue weighted by atomic mass is 35.5. The molecule has 0 aliphatic heterocycles. The molecule has 0 saturated heterocycles. The molecule has 21 heavy (non-hydrogen) atoms. The van der Waals surface area contributed by atoms with Crippen molar-refractivity contribution in [1.29, 1.82) is 0 Å². The van der Waals surface area contributed by atoms with Crippen molar-refractivity contribution >= 4 is 29.3 Å². The third kappa shape index (κ3) is 4.48. The van der Waals surface area contributed by atoms with Crippen LogP contribution in [0, 0.1) is 0 Å². The first kappa shape index (κ1) is 16.4. The summed E-state index contributed by atoms with van der Waals surface area (Å²) in [6.45, 7) is 7.53. The quantitative estimate of drug-likeness (QED) is 0.744. The van der Waals surface area contributed by atoms with Gasteiger partial charge in [0.05, 0.1) is 6.04 Å². The molecule has 4 nitrogen and oxygen atoms in total. The number of rotatable bonds is 3. The lowest BCUT2D eigenvalue weighted by molar-refractivity contribution is 0.0153. The maximum Gasteiger partial charge on any atom is 0.411 e. The molecule has 1 aliphatic carbocycles. The first-order valence-corrected chi connectivity index (χ1v) is 7.77. The van der Waals surface area contributed by atoms with E-state index in [1.54, 1.807) is 17.0 Å². The average molecular weight is 331 g/mol. The zero-order chi connectivity index (χ0) is 15.8. The van der Waals surface area contributed by atoms with E-state index in [4.69, 9.17) is 27.9 Å². The van der Waals surface area contributed by atoms with E-state index >= 15 is 0 Å². The fraction of sp³-hybridized carbons (Fsp3) is 0.600. The zero-order valence-corrected chi connectivity index (χ0v) is 14.2. The van der Waals surface area contributed by atoms with E-state index in [-0.39, 0.29) is 18.2 Å². The molecule has 1 fully saturated rings. The summed E-state index contributed by atoms with van der Waals surface area (Å²) < 4.78 is 5.51. The fourth-order valence-electron chi connectivity index (χ4n) is 2.18. The van der Waals surface area contributed by atoms with E-state index in [0.717, 1.165) is 18.4 Å². The Morgan fingerprint density at radius 3 is 2.29 bits per heavy atom. The van der Waals surface area contributed by atoms with Crippen molar-refractivity contribution in [1.82, 2.24) is 9.88 Å². The lowest BCUT2D eigenvalue weighted by atomic mass is 10.1. The molecule has 1 unspecified atom stereocenters. The van der Waals surface area contributed by atoms with Gasteiger partial charge in [-0.05, 0) is 58.2 Å². The van der Waals surface area contributed by atoms with Gasteiger partial charge in [-0.15, -0.1) is 0 Å². The third-order valence-electron chi connectivity index (χ3n) is 3.23. The van der Waals surface area contributed by atoms with Gasteiger partial charge >= 0.3 is 6.09 Å². The van der Waals surface area contributed by atoms with Crippen molar-refractivity contribution in [3.05, 3.63) is 28.0 Å². The van der Waals surface area contributed by atoms with Crippen molar-refractivity contribution in [2.24, 2.45) is 0 Å². The van der Waals surface area contributed by atoms with Crippen molar-refractivity contribution in [2.45, 2.75) is 58.2 Å². The number of halogens is 2. The summed E-state index contributed by atoms with van der Waals surface area (Å²) in [5, 5.41) is 0.647. The molecule has 2 rings (SSSR count). The van der Waals surface area contributed by atoms with Gasteiger partial charge in [-0.2, -0.15) is 0 Å². The molecule has 1 aromatic heterocycles. The molecule has 1 amide bonds. The van der Waals surface area contributed by atoms with Crippen LogP contribution in [0.15, 0.2) is 12.1 Å². The maximum absolute atomic E-state index is 12.4. The Kier molecular flexibility index (Phi) is 4.69. The average Bonchev–Trinajstić information content (AvgIpc) is 3.09. The number of amides is 1. The first-order chi connectivity index (χ1) is 9.67. The summed E-state index contributed by atoms with van der Waals surface area (Å²) in [6, 6.07) is 3.53. The summed E-state index contributed by atoms with van der Waals surface area (Å²) in [4.78, 5) is 18.2. The minimum atomic E-state index is -0.516.